The van der Waals surface area contributed by atoms with E-state index in [4.69, 9.17) is 4.74 Å². The Morgan fingerprint density at radius 3 is 2.48 bits per heavy atom. The molecule has 2 saturated carbocycles. The molecule has 5 rings (SSSR count). The summed E-state index contributed by atoms with van der Waals surface area (Å²) in [6, 6.07) is 14.7. The van der Waals surface area contributed by atoms with Crippen LogP contribution in [0.15, 0.2) is 42.5 Å². The predicted molar refractivity (Wildman–Crippen MR) is 123 cm³/mol. The predicted octanol–water partition coefficient (Wildman–Crippen LogP) is 4.60. The van der Waals surface area contributed by atoms with E-state index in [1.807, 2.05) is 36.2 Å². The fourth-order valence-electron chi connectivity index (χ4n) is 4.71. The first-order valence-corrected chi connectivity index (χ1v) is 12.0. The van der Waals surface area contributed by atoms with E-state index < -0.39 is 0 Å². The van der Waals surface area contributed by atoms with Crippen LogP contribution in [0.3, 0.4) is 0 Å². The van der Waals surface area contributed by atoms with E-state index in [0.29, 0.717) is 0 Å². The zero-order valence-electron chi connectivity index (χ0n) is 18.6. The molecule has 4 heteroatoms. The SMILES string of the molecule is CN(C(=O)c1ccc(OCC2CC2)cc1)[C@@H]1Cc2ccc(CNCC3CCC3)cc2C1. The number of nitrogens with zero attached hydrogens (tertiary/aromatic N) is 1. The average molecular weight is 419 g/mol. The molecule has 0 aliphatic heterocycles. The fraction of sp³-hybridized carbons (Fsp3) is 0.519. The third-order valence-corrected chi connectivity index (χ3v) is 7.32. The summed E-state index contributed by atoms with van der Waals surface area (Å²) in [7, 11) is 1.94. The summed E-state index contributed by atoms with van der Waals surface area (Å²) in [6.45, 7) is 2.88. The number of amides is 1. The van der Waals surface area contributed by atoms with Crippen molar-refractivity contribution in [1.29, 1.82) is 0 Å². The van der Waals surface area contributed by atoms with Crippen LogP contribution in [0.4, 0.5) is 0 Å². The van der Waals surface area contributed by atoms with Gasteiger partial charge in [-0.1, -0.05) is 24.6 Å². The van der Waals surface area contributed by atoms with Crippen molar-refractivity contribution in [3.8, 4) is 5.75 Å². The zero-order valence-corrected chi connectivity index (χ0v) is 18.6. The fourth-order valence-corrected chi connectivity index (χ4v) is 4.71. The second-order valence-electron chi connectivity index (χ2n) is 9.79. The molecule has 3 aliphatic carbocycles. The standard InChI is InChI=1S/C27H34N2O2/c1-29(27(30)22-9-11-26(12-10-22)31-18-20-5-6-20)25-14-23-8-7-21(13-24(23)15-25)17-28-16-19-3-2-4-19/h7-13,19-20,25,28H,2-6,14-18H2,1H3/t25-/m1/s1. The quantitative estimate of drug-likeness (QED) is 0.647. The van der Waals surface area contributed by atoms with Gasteiger partial charge in [-0.05, 0) is 97.9 Å². The van der Waals surface area contributed by atoms with Crippen LogP contribution in [0.25, 0.3) is 0 Å². The number of hydrogen-bond donors (Lipinski definition) is 1. The van der Waals surface area contributed by atoms with Crippen LogP contribution >= 0.6 is 0 Å². The molecule has 1 N–H and O–H groups in total. The minimum Gasteiger partial charge on any atom is -0.493 e. The number of fused-ring (bicyclic) bond motifs is 1. The van der Waals surface area contributed by atoms with Crippen molar-refractivity contribution in [3.63, 3.8) is 0 Å². The summed E-state index contributed by atoms with van der Waals surface area (Å²) in [6.07, 6.45) is 8.61. The Hall–Kier alpha value is -2.33. The van der Waals surface area contributed by atoms with Gasteiger partial charge in [-0.15, -0.1) is 0 Å². The average Bonchev–Trinajstić information content (AvgIpc) is 3.50. The summed E-state index contributed by atoms with van der Waals surface area (Å²) in [5, 5.41) is 3.62. The first kappa shape index (κ1) is 20.6. The maximum Gasteiger partial charge on any atom is 0.253 e. The zero-order chi connectivity index (χ0) is 21.2. The highest BCUT2D eigenvalue weighted by atomic mass is 16.5. The Balaban J connectivity index is 1.15. The van der Waals surface area contributed by atoms with Crippen molar-refractivity contribution >= 4 is 5.91 Å². The van der Waals surface area contributed by atoms with Crippen LogP contribution in [0, 0.1) is 11.8 Å². The Morgan fingerprint density at radius 2 is 1.77 bits per heavy atom. The molecule has 31 heavy (non-hydrogen) atoms. The molecule has 2 fully saturated rings. The molecule has 0 bridgehead atoms. The van der Waals surface area contributed by atoms with Gasteiger partial charge in [0.1, 0.15) is 5.75 Å². The lowest BCUT2D eigenvalue weighted by Crippen LogP contribution is -2.37. The van der Waals surface area contributed by atoms with Gasteiger partial charge in [-0.25, -0.2) is 0 Å². The van der Waals surface area contributed by atoms with E-state index in [0.717, 1.165) is 55.7 Å². The highest BCUT2D eigenvalue weighted by Gasteiger charge is 2.28. The van der Waals surface area contributed by atoms with Crippen LogP contribution in [-0.4, -0.2) is 37.0 Å². The van der Waals surface area contributed by atoms with E-state index in [9.17, 15) is 4.79 Å². The third kappa shape index (κ3) is 4.95. The van der Waals surface area contributed by atoms with Gasteiger partial charge in [0.25, 0.3) is 5.91 Å². The maximum atomic E-state index is 13.1. The molecule has 0 heterocycles. The molecule has 0 spiro atoms. The van der Waals surface area contributed by atoms with Gasteiger partial charge in [0, 0.05) is 25.2 Å². The molecule has 2 aromatic rings. The lowest BCUT2D eigenvalue weighted by molar-refractivity contribution is 0.0737. The van der Waals surface area contributed by atoms with E-state index in [1.54, 1.807) is 0 Å². The molecule has 0 aromatic heterocycles. The van der Waals surface area contributed by atoms with Gasteiger partial charge in [0.15, 0.2) is 0 Å². The number of hydrogen-bond acceptors (Lipinski definition) is 3. The molecular formula is C27H34N2O2. The van der Waals surface area contributed by atoms with Crippen LogP contribution in [0.5, 0.6) is 5.75 Å². The van der Waals surface area contributed by atoms with Crippen molar-refractivity contribution < 1.29 is 9.53 Å². The minimum absolute atomic E-state index is 0.0916. The molecule has 2 aromatic carbocycles. The molecule has 0 saturated heterocycles. The molecule has 0 unspecified atom stereocenters. The topological polar surface area (TPSA) is 41.6 Å². The van der Waals surface area contributed by atoms with Crippen molar-refractivity contribution in [1.82, 2.24) is 10.2 Å². The summed E-state index contributed by atoms with van der Waals surface area (Å²) in [4.78, 5) is 15.0. The first-order valence-electron chi connectivity index (χ1n) is 12.0. The molecule has 3 aliphatic rings. The third-order valence-electron chi connectivity index (χ3n) is 7.32. The number of benzene rings is 2. The van der Waals surface area contributed by atoms with E-state index in [2.05, 4.69) is 23.5 Å². The molecule has 1 atom stereocenters. The second kappa shape index (κ2) is 9.04. The summed E-state index contributed by atoms with van der Waals surface area (Å²) < 4.78 is 5.80. The van der Waals surface area contributed by atoms with Crippen molar-refractivity contribution in [2.24, 2.45) is 11.8 Å². The van der Waals surface area contributed by atoms with Gasteiger partial charge in [0.2, 0.25) is 0 Å². The summed E-state index contributed by atoms with van der Waals surface area (Å²) >= 11 is 0. The number of likely N-dealkylation sites (N-methyl/N-ethyl adjacent to an activating group) is 1. The smallest absolute Gasteiger partial charge is 0.253 e. The van der Waals surface area contributed by atoms with Gasteiger partial charge >= 0.3 is 0 Å². The Morgan fingerprint density at radius 1 is 1.00 bits per heavy atom. The molecule has 0 radical (unpaired) electrons. The summed E-state index contributed by atoms with van der Waals surface area (Å²) in [5.74, 6) is 2.57. The number of rotatable bonds is 9. The van der Waals surface area contributed by atoms with Crippen molar-refractivity contribution in [2.75, 3.05) is 20.2 Å². The minimum atomic E-state index is 0.0916. The molecule has 4 nitrogen and oxygen atoms in total. The van der Waals surface area contributed by atoms with E-state index in [1.165, 1.54) is 48.8 Å². The van der Waals surface area contributed by atoms with Crippen LogP contribution < -0.4 is 10.1 Å². The van der Waals surface area contributed by atoms with Crippen molar-refractivity contribution in [3.05, 3.63) is 64.7 Å². The monoisotopic (exact) mass is 418 g/mol. The summed E-state index contributed by atoms with van der Waals surface area (Å²) in [5.41, 5.74) is 4.88. The van der Waals surface area contributed by atoms with Crippen LogP contribution in [0.2, 0.25) is 0 Å². The van der Waals surface area contributed by atoms with Crippen LogP contribution in [-0.2, 0) is 19.4 Å². The van der Waals surface area contributed by atoms with E-state index in [-0.39, 0.29) is 11.9 Å². The number of carbonyl (C=O) groups excluding carboxylic acids is 1. The van der Waals surface area contributed by atoms with Crippen LogP contribution in [0.1, 0.15) is 59.2 Å². The van der Waals surface area contributed by atoms with Gasteiger partial charge < -0.3 is 15.0 Å². The lowest BCUT2D eigenvalue weighted by atomic mass is 9.85. The van der Waals surface area contributed by atoms with Gasteiger partial charge in [-0.2, -0.15) is 0 Å². The number of nitrogens with one attached hydrogen (secondary N) is 1. The van der Waals surface area contributed by atoms with Gasteiger partial charge in [0.05, 0.1) is 6.61 Å². The first-order chi connectivity index (χ1) is 15.2. The molecule has 164 valence electrons. The lowest BCUT2D eigenvalue weighted by Gasteiger charge is -2.25. The Labute approximate surface area is 186 Å². The second-order valence-corrected chi connectivity index (χ2v) is 9.79. The van der Waals surface area contributed by atoms with Crippen molar-refractivity contribution in [2.45, 2.75) is 57.5 Å². The number of carbonyl (C=O) groups is 1. The Bertz CT molecular complexity index is 915. The van der Waals surface area contributed by atoms with Gasteiger partial charge in [-0.3, -0.25) is 4.79 Å². The Kier molecular flexibility index (Phi) is 5.99. The largest absolute Gasteiger partial charge is 0.493 e. The maximum absolute atomic E-state index is 13.1. The normalized spacial score (nSPS) is 20.2. The highest BCUT2D eigenvalue weighted by molar-refractivity contribution is 5.94. The molecular weight excluding hydrogens is 384 g/mol. The number of ether oxygens (including phenoxy) is 1. The molecule has 1 amide bonds. The van der Waals surface area contributed by atoms with E-state index >= 15 is 0 Å². The highest BCUT2D eigenvalue weighted by Crippen LogP contribution is 2.30.